The lowest BCUT2D eigenvalue weighted by Crippen LogP contribution is -2.32. The molecule has 1 heterocycles. The van der Waals surface area contributed by atoms with Gasteiger partial charge in [-0.3, -0.25) is 9.10 Å². The van der Waals surface area contributed by atoms with Gasteiger partial charge in [0.25, 0.3) is 5.91 Å². The highest BCUT2D eigenvalue weighted by Gasteiger charge is 2.20. The largest absolute Gasteiger partial charge is 0.481 e. The molecule has 0 aliphatic heterocycles. The lowest BCUT2D eigenvalue weighted by molar-refractivity contribution is -0.122. The molecule has 0 aliphatic carbocycles. The van der Waals surface area contributed by atoms with E-state index >= 15 is 0 Å². The first-order chi connectivity index (χ1) is 15.3. The molecular weight excluding hydrogens is 428 g/mol. The van der Waals surface area contributed by atoms with Gasteiger partial charge in [-0.1, -0.05) is 25.1 Å². The second-order valence-corrected chi connectivity index (χ2v) is 9.55. The number of hydrogen-bond donors (Lipinski definition) is 1. The molecule has 0 spiro atoms. The zero-order chi connectivity index (χ0) is 22.9. The highest BCUT2D eigenvalue weighted by molar-refractivity contribution is 7.92. The van der Waals surface area contributed by atoms with Crippen LogP contribution in [0.1, 0.15) is 13.3 Å². The van der Waals surface area contributed by atoms with Gasteiger partial charge < -0.3 is 14.5 Å². The van der Waals surface area contributed by atoms with E-state index in [9.17, 15) is 13.2 Å². The molecule has 8 heteroatoms. The minimum absolute atomic E-state index is 0.278. The van der Waals surface area contributed by atoms with Crippen molar-refractivity contribution in [1.29, 1.82) is 0 Å². The number of amides is 1. The summed E-state index contributed by atoms with van der Waals surface area (Å²) in [6.07, 6.45) is 0.890. The Morgan fingerprint density at radius 3 is 2.41 bits per heavy atom. The number of carbonyl (C=O) groups excluding carboxylic acids is 1. The predicted octanol–water partition coefficient (Wildman–Crippen LogP) is 4.78. The van der Waals surface area contributed by atoms with Gasteiger partial charge in [0.1, 0.15) is 16.9 Å². The second-order valence-electron chi connectivity index (χ2n) is 7.54. The lowest BCUT2D eigenvalue weighted by Gasteiger charge is -2.19. The van der Waals surface area contributed by atoms with E-state index in [-0.39, 0.29) is 5.91 Å². The third-order valence-electron chi connectivity index (χ3n) is 5.29. The Kier molecular flexibility index (Phi) is 5.80. The zero-order valence-electron chi connectivity index (χ0n) is 18.0. The average Bonchev–Trinajstić information content (AvgIpc) is 3.14. The van der Waals surface area contributed by atoms with E-state index in [0.29, 0.717) is 29.1 Å². The van der Waals surface area contributed by atoms with Crippen molar-refractivity contribution in [3.8, 4) is 5.75 Å². The summed E-state index contributed by atoms with van der Waals surface area (Å²) in [5.74, 6) is 0.200. The SMILES string of the molecule is CC[C@H](Oc1ccc(N(C)S(C)(=O)=O)cc1)C(=O)Nc1ccc2c(c1)oc1ccccc12. The number of fused-ring (bicyclic) bond motifs is 3. The number of anilines is 2. The van der Waals surface area contributed by atoms with E-state index in [4.69, 9.17) is 9.15 Å². The molecule has 1 aromatic heterocycles. The van der Waals surface area contributed by atoms with Crippen molar-refractivity contribution in [3.05, 3.63) is 66.7 Å². The maximum Gasteiger partial charge on any atom is 0.265 e. The first-order valence-corrected chi connectivity index (χ1v) is 12.0. The van der Waals surface area contributed by atoms with Crippen LogP contribution in [0.2, 0.25) is 0 Å². The minimum atomic E-state index is -3.35. The Morgan fingerprint density at radius 2 is 1.72 bits per heavy atom. The fourth-order valence-corrected chi connectivity index (χ4v) is 3.94. The topological polar surface area (TPSA) is 88.8 Å². The van der Waals surface area contributed by atoms with E-state index in [0.717, 1.165) is 22.6 Å². The van der Waals surface area contributed by atoms with E-state index < -0.39 is 16.1 Å². The highest BCUT2D eigenvalue weighted by Crippen LogP contribution is 2.30. The molecule has 166 valence electrons. The molecule has 1 amide bonds. The molecule has 0 unspecified atom stereocenters. The summed E-state index contributed by atoms with van der Waals surface area (Å²) in [6.45, 7) is 1.86. The van der Waals surface area contributed by atoms with Crippen LogP contribution >= 0.6 is 0 Å². The Labute approximate surface area is 186 Å². The molecule has 4 aromatic rings. The van der Waals surface area contributed by atoms with E-state index in [1.165, 1.54) is 11.4 Å². The fourth-order valence-electron chi connectivity index (χ4n) is 3.44. The van der Waals surface area contributed by atoms with Gasteiger partial charge in [0.05, 0.1) is 11.9 Å². The van der Waals surface area contributed by atoms with Crippen molar-refractivity contribution >= 4 is 49.2 Å². The van der Waals surface area contributed by atoms with Crippen molar-refractivity contribution in [3.63, 3.8) is 0 Å². The molecule has 0 bridgehead atoms. The molecule has 32 heavy (non-hydrogen) atoms. The summed E-state index contributed by atoms with van der Waals surface area (Å²) in [5.41, 5.74) is 2.62. The van der Waals surface area contributed by atoms with Crippen molar-refractivity contribution < 1.29 is 22.4 Å². The number of benzene rings is 3. The smallest absolute Gasteiger partial charge is 0.265 e. The summed E-state index contributed by atoms with van der Waals surface area (Å²) in [5, 5.41) is 4.90. The molecular formula is C24H24N2O5S. The molecule has 3 aromatic carbocycles. The number of rotatable bonds is 7. The molecule has 7 nitrogen and oxygen atoms in total. The number of para-hydroxylation sites is 1. The number of carbonyl (C=O) groups is 1. The first kappa shape index (κ1) is 21.7. The van der Waals surface area contributed by atoms with E-state index in [2.05, 4.69) is 5.32 Å². The monoisotopic (exact) mass is 452 g/mol. The van der Waals surface area contributed by atoms with Gasteiger partial charge in [0.15, 0.2) is 6.10 Å². The van der Waals surface area contributed by atoms with Crippen molar-refractivity contribution in [2.45, 2.75) is 19.4 Å². The summed E-state index contributed by atoms with van der Waals surface area (Å²) in [7, 11) is -1.87. The van der Waals surface area contributed by atoms with Crippen LogP contribution in [-0.2, 0) is 14.8 Å². The van der Waals surface area contributed by atoms with E-state index in [1.807, 2.05) is 43.3 Å². The third kappa shape index (κ3) is 4.40. The van der Waals surface area contributed by atoms with Crippen molar-refractivity contribution in [1.82, 2.24) is 0 Å². The molecule has 0 saturated carbocycles. The van der Waals surface area contributed by atoms with Gasteiger partial charge in [0, 0.05) is 29.6 Å². The Balaban J connectivity index is 1.47. The average molecular weight is 453 g/mol. The molecule has 0 radical (unpaired) electrons. The van der Waals surface area contributed by atoms with Crippen LogP contribution in [0.4, 0.5) is 11.4 Å². The number of nitrogens with one attached hydrogen (secondary N) is 1. The molecule has 0 saturated heterocycles. The van der Waals surface area contributed by atoms with Gasteiger partial charge in [0.2, 0.25) is 10.0 Å². The van der Waals surface area contributed by atoms with Gasteiger partial charge >= 0.3 is 0 Å². The number of nitrogens with zero attached hydrogens (tertiary/aromatic N) is 1. The fraction of sp³-hybridized carbons (Fsp3) is 0.208. The van der Waals surface area contributed by atoms with Crippen LogP contribution in [-0.4, -0.2) is 33.7 Å². The maximum atomic E-state index is 12.8. The van der Waals surface area contributed by atoms with Crippen molar-refractivity contribution in [2.24, 2.45) is 0 Å². The Bertz CT molecular complexity index is 1380. The summed E-state index contributed by atoms with van der Waals surface area (Å²) in [6, 6.07) is 19.9. The molecule has 0 aliphatic rings. The normalized spacial score (nSPS) is 12.6. The number of furan rings is 1. The minimum Gasteiger partial charge on any atom is -0.481 e. The molecule has 4 rings (SSSR count). The molecule has 0 fully saturated rings. The molecule has 1 N–H and O–H groups in total. The predicted molar refractivity (Wildman–Crippen MR) is 127 cm³/mol. The lowest BCUT2D eigenvalue weighted by atomic mass is 10.1. The van der Waals surface area contributed by atoms with Crippen LogP contribution in [0.5, 0.6) is 5.75 Å². The van der Waals surface area contributed by atoms with Gasteiger partial charge in [-0.15, -0.1) is 0 Å². The quantitative estimate of drug-likeness (QED) is 0.436. The Hall–Kier alpha value is -3.52. The first-order valence-electron chi connectivity index (χ1n) is 10.2. The number of sulfonamides is 1. The highest BCUT2D eigenvalue weighted by atomic mass is 32.2. The van der Waals surface area contributed by atoms with Crippen LogP contribution in [0.3, 0.4) is 0 Å². The summed E-state index contributed by atoms with van der Waals surface area (Å²) in [4.78, 5) is 12.8. The van der Waals surface area contributed by atoms with Crippen LogP contribution in [0, 0.1) is 0 Å². The van der Waals surface area contributed by atoms with Crippen LogP contribution < -0.4 is 14.4 Å². The summed E-state index contributed by atoms with van der Waals surface area (Å²) >= 11 is 0. The van der Waals surface area contributed by atoms with Crippen molar-refractivity contribution in [2.75, 3.05) is 22.9 Å². The summed E-state index contributed by atoms with van der Waals surface area (Å²) < 4.78 is 36.3. The third-order valence-corrected chi connectivity index (χ3v) is 6.49. The molecule has 1 atom stereocenters. The standard InChI is InChI=1S/C24H24N2O5S/c1-4-21(30-18-12-10-17(11-13-18)26(2)32(3,28)29)24(27)25-16-9-14-20-19-7-5-6-8-22(19)31-23(20)15-16/h5-15,21H,4H2,1-3H3,(H,25,27)/t21-/m0/s1. The zero-order valence-corrected chi connectivity index (χ0v) is 18.8. The maximum absolute atomic E-state index is 12.8. The Morgan fingerprint density at radius 1 is 1.03 bits per heavy atom. The van der Waals surface area contributed by atoms with Gasteiger partial charge in [-0.25, -0.2) is 8.42 Å². The van der Waals surface area contributed by atoms with Crippen LogP contribution in [0.25, 0.3) is 21.9 Å². The number of hydrogen-bond acceptors (Lipinski definition) is 5. The van der Waals surface area contributed by atoms with Gasteiger partial charge in [-0.05, 0) is 48.9 Å². The van der Waals surface area contributed by atoms with Gasteiger partial charge in [-0.2, -0.15) is 0 Å². The van der Waals surface area contributed by atoms with Crippen LogP contribution in [0.15, 0.2) is 71.1 Å². The second kappa shape index (κ2) is 8.55. The van der Waals surface area contributed by atoms with E-state index in [1.54, 1.807) is 30.3 Å². The number of ether oxygens (including phenoxy) is 1.